The lowest BCUT2D eigenvalue weighted by Crippen LogP contribution is -2.55. The summed E-state index contributed by atoms with van der Waals surface area (Å²) in [6, 6.07) is 6.26. The Balaban J connectivity index is 1.80. The fourth-order valence-electron chi connectivity index (χ4n) is 4.16. The van der Waals surface area contributed by atoms with Crippen molar-refractivity contribution < 1.29 is 9.18 Å². The van der Waals surface area contributed by atoms with Crippen molar-refractivity contribution in [3.63, 3.8) is 0 Å². The van der Waals surface area contributed by atoms with Crippen LogP contribution in [0.5, 0.6) is 0 Å². The van der Waals surface area contributed by atoms with Crippen LogP contribution in [-0.4, -0.2) is 42.0 Å². The molecule has 140 valence electrons. The van der Waals surface area contributed by atoms with Crippen LogP contribution in [0.2, 0.25) is 0 Å². The average molecular weight is 357 g/mol. The van der Waals surface area contributed by atoms with Gasteiger partial charge >= 0.3 is 0 Å². The van der Waals surface area contributed by atoms with E-state index in [1.807, 2.05) is 0 Å². The number of nitrogens with zero attached hydrogens (tertiary/aromatic N) is 2. The van der Waals surface area contributed by atoms with Gasteiger partial charge in [0.1, 0.15) is 5.82 Å². The summed E-state index contributed by atoms with van der Waals surface area (Å²) in [4.78, 5) is 19.5. The summed E-state index contributed by atoms with van der Waals surface area (Å²) in [6.45, 7) is 4.71. The molecule has 1 aromatic heterocycles. The highest BCUT2D eigenvalue weighted by molar-refractivity contribution is 5.98. The van der Waals surface area contributed by atoms with E-state index in [0.717, 1.165) is 18.2 Å². The van der Waals surface area contributed by atoms with Gasteiger partial charge in [0, 0.05) is 23.5 Å². The molecule has 1 aliphatic rings. The molecule has 0 spiro atoms. The number of pyridine rings is 1. The minimum absolute atomic E-state index is 0.00857. The lowest BCUT2D eigenvalue weighted by Gasteiger charge is -2.45. The fraction of sp³-hybridized carbons (Fsp3) is 0.524. The largest absolute Gasteiger partial charge is 0.350 e. The zero-order chi connectivity index (χ0) is 18.9. The molecule has 2 aromatic rings. The molecule has 4 nitrogen and oxygen atoms in total. The Hall–Kier alpha value is -2.01. The van der Waals surface area contributed by atoms with E-state index >= 15 is 0 Å². The molecule has 1 N–H and O–H groups in total. The Morgan fingerprint density at radius 1 is 1.38 bits per heavy atom. The minimum atomic E-state index is -0.319. The Morgan fingerprint density at radius 3 is 2.85 bits per heavy atom. The Morgan fingerprint density at radius 2 is 2.15 bits per heavy atom. The number of halogens is 1. The second kappa shape index (κ2) is 7.31. The van der Waals surface area contributed by atoms with Gasteiger partial charge in [-0.2, -0.15) is 0 Å². The van der Waals surface area contributed by atoms with Crippen LogP contribution >= 0.6 is 0 Å². The first kappa shape index (κ1) is 18.8. The first-order valence-corrected chi connectivity index (χ1v) is 9.33. The lowest BCUT2D eigenvalue weighted by atomic mass is 9.75. The summed E-state index contributed by atoms with van der Waals surface area (Å²) < 4.78 is 13.4. The number of hydrogen-bond acceptors (Lipinski definition) is 3. The molecule has 2 atom stereocenters. The predicted molar refractivity (Wildman–Crippen MR) is 103 cm³/mol. The number of aryl methyl sites for hydroxylation is 1. The molecule has 1 heterocycles. The van der Waals surface area contributed by atoms with Crippen LogP contribution in [0, 0.1) is 18.7 Å². The molecule has 1 saturated carbocycles. The number of likely N-dealkylation sites (N-methyl/N-ethyl adjacent to an activating group) is 1. The van der Waals surface area contributed by atoms with Gasteiger partial charge < -0.3 is 10.2 Å². The molecule has 5 heteroatoms. The molecule has 0 saturated heterocycles. The van der Waals surface area contributed by atoms with E-state index in [9.17, 15) is 9.18 Å². The third-order valence-corrected chi connectivity index (χ3v) is 5.81. The normalized spacial score (nSPS) is 23.4. The van der Waals surface area contributed by atoms with Crippen molar-refractivity contribution >= 4 is 16.8 Å². The van der Waals surface area contributed by atoms with Crippen molar-refractivity contribution in [2.24, 2.45) is 5.92 Å². The summed E-state index contributed by atoms with van der Waals surface area (Å²) in [6.07, 6.45) is 4.64. The van der Waals surface area contributed by atoms with Gasteiger partial charge in [0.2, 0.25) is 0 Å². The van der Waals surface area contributed by atoms with Gasteiger partial charge in [-0.1, -0.05) is 19.8 Å². The number of carbonyl (C=O) groups excluding carboxylic acids is 1. The van der Waals surface area contributed by atoms with Crippen LogP contribution in [-0.2, 0) is 0 Å². The number of nitrogens with one attached hydrogen (secondary N) is 1. The summed E-state index contributed by atoms with van der Waals surface area (Å²) in [5.74, 6) is 0.239. The molecule has 0 unspecified atom stereocenters. The molecule has 3 rings (SSSR count). The average Bonchev–Trinajstić information content (AvgIpc) is 2.59. The van der Waals surface area contributed by atoms with Crippen LogP contribution in [0.1, 0.15) is 48.7 Å². The van der Waals surface area contributed by atoms with Crippen molar-refractivity contribution in [1.82, 2.24) is 15.2 Å². The van der Waals surface area contributed by atoms with Crippen molar-refractivity contribution in [2.45, 2.75) is 45.1 Å². The Kier molecular flexibility index (Phi) is 5.28. The highest BCUT2D eigenvalue weighted by atomic mass is 19.1. The van der Waals surface area contributed by atoms with Crippen molar-refractivity contribution in [2.75, 3.05) is 20.6 Å². The molecule has 0 radical (unpaired) electrons. The van der Waals surface area contributed by atoms with Gasteiger partial charge in [-0.3, -0.25) is 9.78 Å². The first-order valence-electron chi connectivity index (χ1n) is 9.33. The summed E-state index contributed by atoms with van der Waals surface area (Å²) >= 11 is 0. The standard InChI is InChI=1S/C21H28FN3O/c1-14-6-5-9-21(12-14,25(3)4)13-23-20(26)18-10-16-7-8-17(22)11-19(16)24-15(18)2/h7-8,10-11,14H,5-6,9,12-13H2,1-4H3,(H,23,26)/t14-,21+/m1/s1. The lowest BCUT2D eigenvalue weighted by molar-refractivity contribution is 0.0674. The molecule has 26 heavy (non-hydrogen) atoms. The Labute approximate surface area is 154 Å². The number of aromatic nitrogens is 1. The maximum absolute atomic E-state index is 13.4. The molecular formula is C21H28FN3O. The second-order valence-corrected chi connectivity index (χ2v) is 7.96. The maximum Gasteiger partial charge on any atom is 0.253 e. The SMILES string of the molecule is Cc1nc2cc(F)ccc2cc1C(=O)NC[C@]1(N(C)C)CCC[C@@H](C)C1. The van der Waals surface area contributed by atoms with E-state index in [2.05, 4.69) is 36.2 Å². The summed E-state index contributed by atoms with van der Waals surface area (Å²) in [7, 11) is 4.20. The first-order chi connectivity index (χ1) is 12.3. The van der Waals surface area contributed by atoms with E-state index < -0.39 is 0 Å². The van der Waals surface area contributed by atoms with Gasteiger partial charge in [-0.15, -0.1) is 0 Å². The highest BCUT2D eigenvalue weighted by Crippen LogP contribution is 2.35. The molecule has 1 fully saturated rings. The van der Waals surface area contributed by atoms with E-state index in [-0.39, 0.29) is 17.3 Å². The van der Waals surface area contributed by atoms with Gasteiger partial charge in [0.15, 0.2) is 0 Å². The molecule has 1 amide bonds. The van der Waals surface area contributed by atoms with Crippen molar-refractivity contribution in [3.05, 3.63) is 41.3 Å². The predicted octanol–water partition coefficient (Wildman–Crippen LogP) is 3.92. The molecule has 0 aliphatic heterocycles. The zero-order valence-corrected chi connectivity index (χ0v) is 16.1. The van der Waals surface area contributed by atoms with E-state index in [1.165, 1.54) is 25.0 Å². The van der Waals surface area contributed by atoms with Crippen molar-refractivity contribution in [3.8, 4) is 0 Å². The van der Waals surface area contributed by atoms with Crippen LogP contribution in [0.3, 0.4) is 0 Å². The number of benzene rings is 1. The Bertz CT molecular complexity index is 820. The quantitative estimate of drug-likeness (QED) is 0.902. The van der Waals surface area contributed by atoms with Crippen LogP contribution in [0.15, 0.2) is 24.3 Å². The smallest absolute Gasteiger partial charge is 0.253 e. The van der Waals surface area contributed by atoms with Gasteiger partial charge in [0.25, 0.3) is 5.91 Å². The number of fused-ring (bicyclic) bond motifs is 1. The third kappa shape index (κ3) is 3.73. The van der Waals surface area contributed by atoms with Gasteiger partial charge in [-0.25, -0.2) is 4.39 Å². The number of rotatable bonds is 4. The molecular weight excluding hydrogens is 329 g/mol. The topological polar surface area (TPSA) is 45.2 Å². The van der Waals surface area contributed by atoms with Crippen molar-refractivity contribution in [1.29, 1.82) is 0 Å². The monoisotopic (exact) mass is 357 g/mol. The van der Waals surface area contributed by atoms with Crippen LogP contribution in [0.4, 0.5) is 4.39 Å². The number of carbonyl (C=O) groups is 1. The number of amides is 1. The number of hydrogen-bond donors (Lipinski definition) is 1. The molecule has 1 aliphatic carbocycles. The van der Waals surface area contributed by atoms with Crippen LogP contribution in [0.25, 0.3) is 10.9 Å². The van der Waals surface area contributed by atoms with Gasteiger partial charge in [0.05, 0.1) is 16.8 Å². The summed E-state index contributed by atoms with van der Waals surface area (Å²) in [5.41, 5.74) is 1.76. The minimum Gasteiger partial charge on any atom is -0.350 e. The van der Waals surface area contributed by atoms with E-state index in [4.69, 9.17) is 0 Å². The third-order valence-electron chi connectivity index (χ3n) is 5.81. The zero-order valence-electron chi connectivity index (χ0n) is 16.1. The summed E-state index contributed by atoms with van der Waals surface area (Å²) in [5, 5.41) is 3.91. The highest BCUT2D eigenvalue weighted by Gasteiger charge is 2.37. The molecule has 1 aromatic carbocycles. The fourth-order valence-corrected chi connectivity index (χ4v) is 4.16. The van der Waals surface area contributed by atoms with Crippen LogP contribution < -0.4 is 5.32 Å². The second-order valence-electron chi connectivity index (χ2n) is 7.96. The molecule has 0 bridgehead atoms. The van der Waals surface area contributed by atoms with E-state index in [1.54, 1.807) is 19.1 Å². The maximum atomic E-state index is 13.4. The van der Waals surface area contributed by atoms with Gasteiger partial charge in [-0.05, 0) is 58.0 Å². The van der Waals surface area contributed by atoms with E-state index in [0.29, 0.717) is 29.2 Å².